The van der Waals surface area contributed by atoms with Crippen LogP contribution in [0.2, 0.25) is 0 Å². The number of hydrogen-bond donors (Lipinski definition) is 1. The Bertz CT molecular complexity index is 898. The minimum Gasteiger partial charge on any atom is -0.441 e. The summed E-state index contributed by atoms with van der Waals surface area (Å²) < 4.78 is 6.50. The third-order valence-electron chi connectivity index (χ3n) is 3.50. The summed E-state index contributed by atoms with van der Waals surface area (Å²) in [6.45, 7) is 2.25. The summed E-state index contributed by atoms with van der Waals surface area (Å²) in [7, 11) is 0. The smallest absolute Gasteiger partial charge is 0.341 e. The summed E-state index contributed by atoms with van der Waals surface area (Å²) in [4.78, 5) is 48.9. The minimum atomic E-state index is -1.12. The third kappa shape index (κ3) is 3.92. The van der Waals surface area contributed by atoms with E-state index in [4.69, 9.17) is 9.84 Å². The molecule has 8 nitrogen and oxygen atoms in total. The number of nitrogens with zero attached hydrogens (tertiary/aromatic N) is 2. The van der Waals surface area contributed by atoms with Gasteiger partial charge in [0.1, 0.15) is 0 Å². The number of aliphatic hydroxyl groups excluding tert-OH is 1. The Kier molecular flexibility index (Phi) is 5.66. The van der Waals surface area contributed by atoms with Crippen molar-refractivity contribution >= 4 is 11.9 Å². The van der Waals surface area contributed by atoms with Crippen molar-refractivity contribution < 1.29 is 19.4 Å². The Hall–Kier alpha value is -3.00. The SMILES string of the molecule is CC(=O)OC(CCO)n1cc(C)c(=O)n(C(=O)c2ccccc2)c1=O. The molecule has 8 heteroatoms. The number of hydrogen-bond acceptors (Lipinski definition) is 6. The summed E-state index contributed by atoms with van der Waals surface area (Å²) in [5.41, 5.74) is -1.39. The van der Waals surface area contributed by atoms with Crippen molar-refractivity contribution in [3.8, 4) is 0 Å². The van der Waals surface area contributed by atoms with Gasteiger partial charge in [-0.05, 0) is 19.1 Å². The monoisotopic (exact) mass is 346 g/mol. The molecule has 0 amide bonds. The van der Waals surface area contributed by atoms with Gasteiger partial charge in [0.2, 0.25) is 0 Å². The number of carbonyl (C=O) groups excluding carboxylic acids is 2. The van der Waals surface area contributed by atoms with Gasteiger partial charge >= 0.3 is 11.7 Å². The number of carbonyl (C=O) groups is 2. The van der Waals surface area contributed by atoms with Crippen molar-refractivity contribution in [1.82, 2.24) is 9.13 Å². The maximum absolute atomic E-state index is 12.7. The largest absolute Gasteiger partial charge is 0.441 e. The van der Waals surface area contributed by atoms with Gasteiger partial charge in [-0.15, -0.1) is 0 Å². The second kappa shape index (κ2) is 7.71. The maximum atomic E-state index is 12.7. The van der Waals surface area contributed by atoms with E-state index in [0.717, 1.165) is 11.5 Å². The first-order valence-corrected chi connectivity index (χ1v) is 7.59. The molecule has 0 bridgehead atoms. The van der Waals surface area contributed by atoms with Gasteiger partial charge < -0.3 is 9.84 Å². The zero-order chi connectivity index (χ0) is 18.6. The van der Waals surface area contributed by atoms with Crippen LogP contribution in [0.5, 0.6) is 0 Å². The molecule has 2 rings (SSSR count). The zero-order valence-electron chi connectivity index (χ0n) is 13.8. The maximum Gasteiger partial charge on any atom is 0.341 e. The molecule has 0 aliphatic rings. The first-order chi connectivity index (χ1) is 11.9. The van der Waals surface area contributed by atoms with Gasteiger partial charge in [0, 0.05) is 37.3 Å². The summed E-state index contributed by atoms with van der Waals surface area (Å²) in [5.74, 6) is -1.44. The van der Waals surface area contributed by atoms with E-state index in [1.165, 1.54) is 25.3 Å². The van der Waals surface area contributed by atoms with Crippen molar-refractivity contribution in [3.63, 3.8) is 0 Å². The van der Waals surface area contributed by atoms with Gasteiger partial charge in [-0.3, -0.25) is 19.0 Å². The molecule has 0 aliphatic heterocycles. The van der Waals surface area contributed by atoms with Gasteiger partial charge in [-0.25, -0.2) is 4.79 Å². The van der Waals surface area contributed by atoms with Crippen LogP contribution in [0, 0.1) is 6.92 Å². The summed E-state index contributed by atoms with van der Waals surface area (Å²) in [6.07, 6.45) is 0.0310. The summed E-state index contributed by atoms with van der Waals surface area (Å²) in [5, 5.41) is 9.14. The van der Waals surface area contributed by atoms with Crippen LogP contribution in [0.15, 0.2) is 46.1 Å². The van der Waals surface area contributed by atoms with Crippen molar-refractivity contribution in [2.45, 2.75) is 26.5 Å². The first-order valence-electron chi connectivity index (χ1n) is 7.59. The average Bonchev–Trinajstić information content (AvgIpc) is 2.58. The van der Waals surface area contributed by atoms with E-state index in [9.17, 15) is 19.2 Å². The Labute approximate surface area is 142 Å². The molecule has 1 atom stereocenters. The normalized spacial score (nSPS) is 11.8. The lowest BCUT2D eigenvalue weighted by atomic mass is 10.2. The fourth-order valence-electron chi connectivity index (χ4n) is 2.35. The Morgan fingerprint density at radius 2 is 1.84 bits per heavy atom. The van der Waals surface area contributed by atoms with Crippen LogP contribution in [-0.4, -0.2) is 32.7 Å². The molecular weight excluding hydrogens is 328 g/mol. The lowest BCUT2D eigenvalue weighted by Crippen LogP contribution is -2.46. The molecule has 1 aromatic heterocycles. The quantitative estimate of drug-likeness (QED) is 0.788. The highest BCUT2D eigenvalue weighted by molar-refractivity contribution is 5.95. The minimum absolute atomic E-state index is 0.0589. The topological polar surface area (TPSA) is 108 Å². The molecule has 0 spiro atoms. The molecule has 0 radical (unpaired) electrons. The average molecular weight is 346 g/mol. The highest BCUT2D eigenvalue weighted by Gasteiger charge is 2.22. The predicted octanol–water partition coefficient (Wildman–Crippen LogP) is 0.451. The second-order valence-corrected chi connectivity index (χ2v) is 5.39. The Morgan fingerprint density at radius 3 is 2.40 bits per heavy atom. The predicted molar refractivity (Wildman–Crippen MR) is 88.4 cm³/mol. The third-order valence-corrected chi connectivity index (χ3v) is 3.50. The fourth-order valence-corrected chi connectivity index (χ4v) is 2.35. The lowest BCUT2D eigenvalue weighted by molar-refractivity contribution is -0.152. The Morgan fingerprint density at radius 1 is 1.20 bits per heavy atom. The molecule has 1 N–H and O–H groups in total. The Balaban J connectivity index is 2.64. The molecule has 2 aromatic rings. The number of aromatic nitrogens is 2. The van der Waals surface area contributed by atoms with Gasteiger partial charge in [-0.1, -0.05) is 18.2 Å². The molecule has 0 fully saturated rings. The number of ether oxygens (including phenoxy) is 1. The van der Waals surface area contributed by atoms with E-state index in [-0.39, 0.29) is 24.2 Å². The van der Waals surface area contributed by atoms with E-state index in [0.29, 0.717) is 4.57 Å². The van der Waals surface area contributed by atoms with E-state index >= 15 is 0 Å². The van der Waals surface area contributed by atoms with Crippen molar-refractivity contribution in [2.24, 2.45) is 0 Å². The number of aryl methyl sites for hydroxylation is 1. The van der Waals surface area contributed by atoms with Gasteiger partial charge in [0.25, 0.3) is 11.5 Å². The van der Waals surface area contributed by atoms with E-state index in [2.05, 4.69) is 0 Å². The lowest BCUT2D eigenvalue weighted by Gasteiger charge is -2.20. The van der Waals surface area contributed by atoms with Crippen molar-refractivity contribution in [2.75, 3.05) is 6.61 Å². The molecular formula is C17H18N2O6. The molecule has 132 valence electrons. The van der Waals surface area contributed by atoms with Crippen molar-refractivity contribution in [3.05, 3.63) is 68.5 Å². The number of rotatable bonds is 5. The molecule has 1 aromatic carbocycles. The van der Waals surface area contributed by atoms with Crippen LogP contribution in [0.4, 0.5) is 0 Å². The molecule has 0 saturated carbocycles. The summed E-state index contributed by atoms with van der Waals surface area (Å²) in [6, 6.07) is 7.89. The van der Waals surface area contributed by atoms with Gasteiger partial charge in [0.15, 0.2) is 6.23 Å². The van der Waals surface area contributed by atoms with Crippen LogP contribution in [-0.2, 0) is 9.53 Å². The summed E-state index contributed by atoms with van der Waals surface area (Å²) >= 11 is 0. The van der Waals surface area contributed by atoms with Crippen LogP contribution >= 0.6 is 0 Å². The van der Waals surface area contributed by atoms with Crippen molar-refractivity contribution in [1.29, 1.82) is 0 Å². The zero-order valence-corrected chi connectivity index (χ0v) is 13.8. The number of aliphatic hydroxyl groups is 1. The highest BCUT2D eigenvalue weighted by atomic mass is 16.6. The van der Waals surface area contributed by atoms with Crippen LogP contribution < -0.4 is 11.2 Å². The standard InChI is InChI=1S/C17H18N2O6/c1-11-10-18(14(8-9-20)25-12(2)21)17(24)19(15(11)22)16(23)13-6-4-3-5-7-13/h3-7,10,14,20H,8-9H2,1-2H3. The van der Waals surface area contributed by atoms with E-state index in [1.807, 2.05) is 0 Å². The van der Waals surface area contributed by atoms with E-state index in [1.54, 1.807) is 18.2 Å². The second-order valence-electron chi connectivity index (χ2n) is 5.39. The molecule has 25 heavy (non-hydrogen) atoms. The molecule has 0 saturated heterocycles. The molecule has 1 unspecified atom stereocenters. The van der Waals surface area contributed by atoms with Crippen LogP contribution in [0.1, 0.15) is 35.5 Å². The van der Waals surface area contributed by atoms with Crippen LogP contribution in [0.3, 0.4) is 0 Å². The fraction of sp³-hybridized carbons (Fsp3) is 0.294. The molecule has 0 aliphatic carbocycles. The highest BCUT2D eigenvalue weighted by Crippen LogP contribution is 2.11. The van der Waals surface area contributed by atoms with Gasteiger partial charge in [0.05, 0.1) is 0 Å². The molecule has 1 heterocycles. The number of benzene rings is 1. The van der Waals surface area contributed by atoms with Crippen LogP contribution in [0.25, 0.3) is 0 Å². The number of esters is 1. The van der Waals surface area contributed by atoms with E-state index < -0.39 is 29.4 Å². The van der Waals surface area contributed by atoms with Gasteiger partial charge in [-0.2, -0.15) is 4.57 Å². The first kappa shape index (κ1) is 18.3.